The van der Waals surface area contributed by atoms with Gasteiger partial charge in [0, 0.05) is 24.8 Å². The Labute approximate surface area is 111 Å². The van der Waals surface area contributed by atoms with Gasteiger partial charge >= 0.3 is 0 Å². The molecule has 1 atom stereocenters. The van der Waals surface area contributed by atoms with Crippen LogP contribution in [0, 0.1) is 5.82 Å². The summed E-state index contributed by atoms with van der Waals surface area (Å²) in [5, 5.41) is 23.4. The Hall–Kier alpha value is -1.66. The van der Waals surface area contributed by atoms with E-state index in [4.69, 9.17) is 16.0 Å². The van der Waals surface area contributed by atoms with Crippen LogP contribution in [-0.2, 0) is 6.54 Å². The first-order chi connectivity index (χ1) is 9.06. The molecule has 1 rings (SSSR count). The van der Waals surface area contributed by atoms with E-state index in [-0.39, 0.29) is 18.5 Å². The molecule has 0 aliphatic carbocycles. The van der Waals surface area contributed by atoms with Crippen molar-refractivity contribution in [3.05, 3.63) is 35.1 Å². The second-order valence-electron chi connectivity index (χ2n) is 4.48. The zero-order valence-electron chi connectivity index (χ0n) is 10.9. The van der Waals surface area contributed by atoms with Gasteiger partial charge in [-0.1, -0.05) is 5.16 Å². The van der Waals surface area contributed by atoms with Gasteiger partial charge in [-0.05, 0) is 43.5 Å². The minimum absolute atomic E-state index is 0.117. The Morgan fingerprint density at radius 3 is 2.84 bits per heavy atom. The molecule has 0 radical (unpaired) electrons. The zero-order chi connectivity index (χ0) is 14.3. The van der Waals surface area contributed by atoms with Crippen molar-refractivity contribution in [2.75, 3.05) is 6.61 Å². The van der Waals surface area contributed by atoms with E-state index >= 15 is 0 Å². The highest BCUT2D eigenvalue weighted by Gasteiger charge is 2.06. The smallest absolute Gasteiger partial charge is 0.170 e. The van der Waals surface area contributed by atoms with E-state index in [1.165, 1.54) is 12.1 Å². The van der Waals surface area contributed by atoms with E-state index in [2.05, 4.69) is 10.5 Å². The molecule has 1 aromatic rings. The van der Waals surface area contributed by atoms with Crippen LogP contribution in [0.4, 0.5) is 4.39 Å². The summed E-state index contributed by atoms with van der Waals surface area (Å²) < 4.78 is 13.4. The first-order valence-corrected chi connectivity index (χ1v) is 6.18. The molecule has 0 bridgehead atoms. The lowest BCUT2D eigenvalue weighted by Crippen LogP contribution is -2.26. The molecule has 0 spiro atoms. The molecule has 0 aromatic heterocycles. The van der Waals surface area contributed by atoms with Crippen molar-refractivity contribution in [1.82, 2.24) is 5.32 Å². The fourth-order valence-corrected chi connectivity index (χ4v) is 1.75. The number of hydrogen-bond acceptors (Lipinski definition) is 4. The van der Waals surface area contributed by atoms with E-state index in [1.54, 1.807) is 6.07 Å². The molecule has 0 fully saturated rings. The number of nitrogens with two attached hydrogens (primary N) is 1. The Bertz CT molecular complexity index is 438. The van der Waals surface area contributed by atoms with Crippen LogP contribution in [0.2, 0.25) is 0 Å². The molecular weight excluding hydrogens is 249 g/mol. The van der Waals surface area contributed by atoms with E-state index in [1.807, 2.05) is 6.92 Å². The summed E-state index contributed by atoms with van der Waals surface area (Å²) in [6.07, 6.45) is 1.57. The van der Waals surface area contributed by atoms with Gasteiger partial charge in [-0.15, -0.1) is 0 Å². The molecule has 0 aliphatic heterocycles. The molecule has 6 heteroatoms. The molecule has 1 unspecified atom stereocenters. The molecular formula is C13H20FN3O2. The molecule has 0 saturated carbocycles. The van der Waals surface area contributed by atoms with Gasteiger partial charge < -0.3 is 21.4 Å². The van der Waals surface area contributed by atoms with Crippen LogP contribution in [0.15, 0.2) is 23.4 Å². The van der Waals surface area contributed by atoms with Crippen molar-refractivity contribution >= 4 is 5.84 Å². The largest absolute Gasteiger partial charge is 0.409 e. The lowest BCUT2D eigenvalue weighted by atomic mass is 10.1. The summed E-state index contributed by atoms with van der Waals surface area (Å²) in [6.45, 7) is 2.65. The fourth-order valence-electron chi connectivity index (χ4n) is 1.75. The predicted molar refractivity (Wildman–Crippen MR) is 71.5 cm³/mol. The van der Waals surface area contributed by atoms with Crippen LogP contribution in [-0.4, -0.2) is 28.8 Å². The van der Waals surface area contributed by atoms with E-state index in [0.29, 0.717) is 12.1 Å². The highest BCUT2D eigenvalue weighted by Crippen LogP contribution is 2.10. The third kappa shape index (κ3) is 5.23. The average molecular weight is 269 g/mol. The number of nitrogens with zero attached hydrogens (tertiary/aromatic N) is 1. The van der Waals surface area contributed by atoms with Gasteiger partial charge in [-0.3, -0.25) is 0 Å². The second-order valence-corrected chi connectivity index (χ2v) is 4.48. The summed E-state index contributed by atoms with van der Waals surface area (Å²) >= 11 is 0. The Balaban J connectivity index is 2.66. The maximum absolute atomic E-state index is 13.4. The number of aliphatic hydroxyl groups is 1. The molecule has 106 valence electrons. The summed E-state index contributed by atoms with van der Waals surface area (Å²) in [7, 11) is 0. The van der Waals surface area contributed by atoms with Crippen molar-refractivity contribution in [3.63, 3.8) is 0 Å². The zero-order valence-corrected chi connectivity index (χ0v) is 10.9. The van der Waals surface area contributed by atoms with Gasteiger partial charge in [-0.25, -0.2) is 4.39 Å². The van der Waals surface area contributed by atoms with Crippen LogP contribution in [0.25, 0.3) is 0 Å². The number of oxime groups is 1. The minimum Gasteiger partial charge on any atom is -0.409 e. The third-order valence-electron chi connectivity index (χ3n) is 2.81. The number of hydrogen-bond donors (Lipinski definition) is 4. The predicted octanol–water partition coefficient (Wildman–Crippen LogP) is 1.17. The van der Waals surface area contributed by atoms with Crippen molar-refractivity contribution in [2.24, 2.45) is 10.9 Å². The highest BCUT2D eigenvalue weighted by molar-refractivity contribution is 5.97. The number of amidine groups is 1. The lowest BCUT2D eigenvalue weighted by molar-refractivity contribution is 0.276. The second kappa shape index (κ2) is 7.70. The summed E-state index contributed by atoms with van der Waals surface area (Å²) in [4.78, 5) is 0. The summed E-state index contributed by atoms with van der Waals surface area (Å²) in [5.74, 6) is -0.544. The highest BCUT2D eigenvalue weighted by atomic mass is 19.1. The number of rotatable bonds is 7. The van der Waals surface area contributed by atoms with Crippen molar-refractivity contribution in [3.8, 4) is 0 Å². The number of aliphatic hydroxyl groups excluding tert-OH is 1. The van der Waals surface area contributed by atoms with Crippen molar-refractivity contribution in [1.29, 1.82) is 0 Å². The van der Waals surface area contributed by atoms with Crippen molar-refractivity contribution in [2.45, 2.75) is 32.4 Å². The number of nitrogens with one attached hydrogen (secondary N) is 1. The number of halogens is 1. The summed E-state index contributed by atoms with van der Waals surface area (Å²) in [5.41, 5.74) is 6.51. The van der Waals surface area contributed by atoms with E-state index < -0.39 is 5.82 Å². The standard InChI is InChI=1S/C13H20FN3O2/c1-9(3-2-4-18)16-8-10-5-11(13(15)17-19)7-12(14)6-10/h5-7,9,16,18-19H,2-4,8H2,1H3,(H2,15,17). The molecule has 0 aliphatic rings. The third-order valence-corrected chi connectivity index (χ3v) is 2.81. The number of benzene rings is 1. The van der Waals surface area contributed by atoms with Gasteiger partial charge in [0.1, 0.15) is 5.82 Å². The van der Waals surface area contributed by atoms with Crippen molar-refractivity contribution < 1.29 is 14.7 Å². The first-order valence-electron chi connectivity index (χ1n) is 6.18. The Kier molecular flexibility index (Phi) is 6.24. The summed E-state index contributed by atoms with van der Waals surface area (Å²) in [6, 6.07) is 4.51. The lowest BCUT2D eigenvalue weighted by Gasteiger charge is -2.13. The molecule has 0 heterocycles. The van der Waals surface area contributed by atoms with Gasteiger partial charge in [0.2, 0.25) is 0 Å². The molecule has 1 aromatic carbocycles. The maximum Gasteiger partial charge on any atom is 0.170 e. The van der Waals surface area contributed by atoms with Gasteiger partial charge in [0.25, 0.3) is 0 Å². The van der Waals surface area contributed by atoms with E-state index in [0.717, 1.165) is 18.4 Å². The van der Waals surface area contributed by atoms with Crippen LogP contribution < -0.4 is 11.1 Å². The Morgan fingerprint density at radius 1 is 1.47 bits per heavy atom. The first kappa shape index (κ1) is 15.4. The monoisotopic (exact) mass is 269 g/mol. The van der Waals surface area contributed by atoms with Gasteiger partial charge in [-0.2, -0.15) is 0 Å². The average Bonchev–Trinajstić information content (AvgIpc) is 2.41. The molecule has 0 amide bonds. The van der Waals surface area contributed by atoms with Gasteiger partial charge in [0.05, 0.1) is 0 Å². The fraction of sp³-hybridized carbons (Fsp3) is 0.462. The quantitative estimate of drug-likeness (QED) is 0.259. The van der Waals surface area contributed by atoms with E-state index in [9.17, 15) is 4.39 Å². The van der Waals surface area contributed by atoms with Crippen LogP contribution in [0.1, 0.15) is 30.9 Å². The molecule has 5 nitrogen and oxygen atoms in total. The van der Waals surface area contributed by atoms with Crippen LogP contribution in [0.5, 0.6) is 0 Å². The molecule has 0 saturated heterocycles. The molecule has 5 N–H and O–H groups in total. The SMILES string of the molecule is CC(CCCO)NCc1cc(F)cc(/C(N)=N/O)c1. The van der Waals surface area contributed by atoms with Crippen LogP contribution in [0.3, 0.4) is 0 Å². The Morgan fingerprint density at radius 2 is 2.21 bits per heavy atom. The normalized spacial score (nSPS) is 13.5. The van der Waals surface area contributed by atoms with Crippen LogP contribution >= 0.6 is 0 Å². The molecule has 19 heavy (non-hydrogen) atoms. The maximum atomic E-state index is 13.4. The topological polar surface area (TPSA) is 90.9 Å². The minimum atomic E-state index is -0.427. The van der Waals surface area contributed by atoms with Gasteiger partial charge in [0.15, 0.2) is 5.84 Å².